The third-order valence-corrected chi connectivity index (χ3v) is 2.28. The van der Waals surface area contributed by atoms with E-state index in [1.54, 1.807) is 12.1 Å². The number of hydrogen-bond donors (Lipinski definition) is 0. The third-order valence-electron chi connectivity index (χ3n) is 1.36. The van der Waals surface area contributed by atoms with Crippen molar-refractivity contribution in [1.82, 2.24) is 0 Å². The summed E-state index contributed by atoms with van der Waals surface area (Å²) in [4.78, 5) is 10.8. The Morgan fingerprint density at radius 1 is 1.50 bits per heavy atom. The lowest BCUT2D eigenvalue weighted by Gasteiger charge is -1.95. The molecule has 74 valence electrons. The van der Waals surface area contributed by atoms with Gasteiger partial charge in [0.1, 0.15) is 0 Å². The normalized spacial score (nSPS) is 9.57. The van der Waals surface area contributed by atoms with E-state index in [9.17, 15) is 10.1 Å². The largest absolute Gasteiger partial charge is 0.270 e. The number of benzene rings is 1. The van der Waals surface area contributed by atoms with Crippen LogP contribution in [0.1, 0.15) is 13.8 Å². The van der Waals surface area contributed by atoms with E-state index in [2.05, 4.69) is 4.40 Å². The zero-order valence-corrected chi connectivity index (χ0v) is 8.75. The molecule has 0 amide bonds. The van der Waals surface area contributed by atoms with Crippen molar-refractivity contribution in [3.63, 3.8) is 0 Å². The highest BCUT2D eigenvalue weighted by Gasteiger charge is 2.05. The predicted octanol–water partition coefficient (Wildman–Crippen LogP) is 3.08. The van der Waals surface area contributed by atoms with E-state index in [4.69, 9.17) is 0 Å². The molecule has 4 nitrogen and oxygen atoms in total. The topological polar surface area (TPSA) is 55.5 Å². The van der Waals surface area contributed by atoms with Gasteiger partial charge in [0.15, 0.2) is 0 Å². The van der Waals surface area contributed by atoms with Crippen molar-refractivity contribution < 1.29 is 4.92 Å². The maximum Gasteiger partial charge on any atom is 0.270 e. The van der Waals surface area contributed by atoms with Crippen LogP contribution in [0.5, 0.6) is 0 Å². The molecule has 0 heterocycles. The fraction of sp³-hybridized carbons (Fsp3) is 0.222. The summed E-state index contributed by atoms with van der Waals surface area (Å²) in [6, 6.07) is 6.43. The average Bonchev–Trinajstić information content (AvgIpc) is 2.15. The van der Waals surface area contributed by atoms with E-state index in [0.29, 0.717) is 0 Å². The summed E-state index contributed by atoms with van der Waals surface area (Å²) >= 11 is 1.24. The average molecular weight is 210 g/mol. The van der Waals surface area contributed by atoms with Gasteiger partial charge in [0.05, 0.1) is 4.92 Å². The molecule has 0 saturated heterocycles. The molecule has 0 bridgehead atoms. The van der Waals surface area contributed by atoms with Crippen LogP contribution in [-0.2, 0) is 0 Å². The van der Waals surface area contributed by atoms with Crippen LogP contribution in [0.15, 0.2) is 33.6 Å². The van der Waals surface area contributed by atoms with Gasteiger partial charge in [-0.05, 0) is 19.9 Å². The van der Waals surface area contributed by atoms with Crippen LogP contribution in [0.25, 0.3) is 0 Å². The Balaban J connectivity index is 2.84. The highest BCUT2D eigenvalue weighted by molar-refractivity contribution is 7.98. The highest BCUT2D eigenvalue weighted by Crippen LogP contribution is 2.23. The molecule has 14 heavy (non-hydrogen) atoms. The molecule has 0 aromatic heterocycles. The standard InChI is InChI=1S/C9H10N2O2S/c1-7(2)10-14-9-5-3-4-8(6-9)11(12)13/h3-6H,1-2H3. The Kier molecular flexibility index (Phi) is 3.64. The quantitative estimate of drug-likeness (QED) is 0.333. The van der Waals surface area contributed by atoms with Crippen molar-refractivity contribution in [3.05, 3.63) is 34.4 Å². The number of nitro groups is 1. The number of nitro benzene ring substituents is 1. The number of nitrogens with zero attached hydrogens (tertiary/aromatic N) is 2. The highest BCUT2D eigenvalue weighted by atomic mass is 32.2. The monoisotopic (exact) mass is 210 g/mol. The first kappa shape index (κ1) is 10.7. The molecular weight excluding hydrogens is 200 g/mol. The van der Waals surface area contributed by atoms with Crippen molar-refractivity contribution in [2.45, 2.75) is 18.7 Å². The molecule has 0 aliphatic carbocycles. The number of hydrogen-bond acceptors (Lipinski definition) is 4. The maximum absolute atomic E-state index is 10.5. The van der Waals surface area contributed by atoms with E-state index in [0.717, 1.165) is 10.6 Å². The summed E-state index contributed by atoms with van der Waals surface area (Å²) in [6.07, 6.45) is 0. The molecule has 0 unspecified atom stereocenters. The Morgan fingerprint density at radius 2 is 2.21 bits per heavy atom. The molecule has 1 rings (SSSR count). The lowest BCUT2D eigenvalue weighted by Crippen LogP contribution is -1.86. The Bertz CT molecular complexity index is 373. The van der Waals surface area contributed by atoms with Gasteiger partial charge < -0.3 is 0 Å². The Hall–Kier alpha value is -1.36. The van der Waals surface area contributed by atoms with Gasteiger partial charge in [-0.25, -0.2) is 4.40 Å². The van der Waals surface area contributed by atoms with Gasteiger partial charge in [-0.2, -0.15) is 0 Å². The molecule has 0 radical (unpaired) electrons. The smallest absolute Gasteiger partial charge is 0.258 e. The van der Waals surface area contributed by atoms with Crippen LogP contribution in [0, 0.1) is 10.1 Å². The van der Waals surface area contributed by atoms with Gasteiger partial charge in [-0.15, -0.1) is 0 Å². The van der Waals surface area contributed by atoms with Crippen molar-refractivity contribution in [2.24, 2.45) is 4.40 Å². The summed E-state index contributed by atoms with van der Waals surface area (Å²) in [6.45, 7) is 3.76. The van der Waals surface area contributed by atoms with E-state index in [1.807, 2.05) is 13.8 Å². The van der Waals surface area contributed by atoms with Gasteiger partial charge in [0.2, 0.25) is 0 Å². The second-order valence-corrected chi connectivity index (χ2v) is 3.72. The summed E-state index contributed by atoms with van der Waals surface area (Å²) in [5.41, 5.74) is 1.03. The van der Waals surface area contributed by atoms with E-state index in [1.165, 1.54) is 24.1 Å². The summed E-state index contributed by atoms with van der Waals surface area (Å²) < 4.78 is 4.11. The Labute approximate surface area is 86.3 Å². The maximum atomic E-state index is 10.5. The first-order chi connectivity index (χ1) is 6.59. The summed E-state index contributed by atoms with van der Waals surface area (Å²) in [5, 5.41) is 10.5. The van der Waals surface area contributed by atoms with Gasteiger partial charge >= 0.3 is 0 Å². The molecule has 0 saturated carbocycles. The lowest BCUT2D eigenvalue weighted by molar-refractivity contribution is -0.385. The number of non-ortho nitro benzene ring substituents is 1. The van der Waals surface area contributed by atoms with Gasteiger partial charge in [0, 0.05) is 34.7 Å². The van der Waals surface area contributed by atoms with Gasteiger partial charge in [0.25, 0.3) is 5.69 Å². The van der Waals surface area contributed by atoms with E-state index < -0.39 is 4.92 Å². The van der Waals surface area contributed by atoms with Gasteiger partial charge in [-0.3, -0.25) is 10.1 Å². The molecule has 0 aliphatic rings. The van der Waals surface area contributed by atoms with Crippen molar-refractivity contribution >= 4 is 23.3 Å². The van der Waals surface area contributed by atoms with Gasteiger partial charge in [-0.1, -0.05) is 6.07 Å². The molecule has 5 heteroatoms. The third kappa shape index (κ3) is 3.18. The minimum atomic E-state index is -0.410. The molecule has 0 atom stereocenters. The summed E-state index contributed by atoms with van der Waals surface area (Å²) in [5.74, 6) is 0. The fourth-order valence-electron chi connectivity index (χ4n) is 0.798. The van der Waals surface area contributed by atoms with Crippen molar-refractivity contribution in [2.75, 3.05) is 0 Å². The fourth-order valence-corrected chi connectivity index (χ4v) is 1.40. The molecule has 1 aromatic rings. The predicted molar refractivity (Wildman–Crippen MR) is 57.7 cm³/mol. The molecular formula is C9H10N2O2S. The molecule has 0 aliphatic heterocycles. The minimum Gasteiger partial charge on any atom is -0.258 e. The summed E-state index contributed by atoms with van der Waals surface area (Å²) in [7, 11) is 0. The minimum absolute atomic E-state index is 0.0963. The van der Waals surface area contributed by atoms with Crippen molar-refractivity contribution in [3.8, 4) is 0 Å². The van der Waals surface area contributed by atoms with Crippen LogP contribution in [0.4, 0.5) is 5.69 Å². The Morgan fingerprint density at radius 3 is 2.79 bits per heavy atom. The van der Waals surface area contributed by atoms with Crippen LogP contribution >= 0.6 is 11.9 Å². The van der Waals surface area contributed by atoms with E-state index in [-0.39, 0.29) is 5.69 Å². The number of rotatable bonds is 3. The molecule has 1 aromatic carbocycles. The lowest BCUT2D eigenvalue weighted by atomic mass is 10.3. The second-order valence-electron chi connectivity index (χ2n) is 2.88. The second kappa shape index (κ2) is 4.76. The van der Waals surface area contributed by atoms with Crippen LogP contribution in [0.3, 0.4) is 0 Å². The zero-order chi connectivity index (χ0) is 10.6. The molecule has 0 N–H and O–H groups in total. The van der Waals surface area contributed by atoms with Crippen LogP contribution in [0.2, 0.25) is 0 Å². The first-order valence-electron chi connectivity index (χ1n) is 4.02. The SMILES string of the molecule is CC(C)=NSc1cccc([N+](=O)[O-])c1. The first-order valence-corrected chi connectivity index (χ1v) is 4.79. The van der Waals surface area contributed by atoms with E-state index >= 15 is 0 Å². The molecule has 0 spiro atoms. The molecule has 0 fully saturated rings. The van der Waals surface area contributed by atoms with Crippen LogP contribution in [-0.4, -0.2) is 10.6 Å². The van der Waals surface area contributed by atoms with Crippen LogP contribution < -0.4 is 0 Å². The zero-order valence-electron chi connectivity index (χ0n) is 7.93. The van der Waals surface area contributed by atoms with Crippen molar-refractivity contribution in [1.29, 1.82) is 0 Å².